The van der Waals surface area contributed by atoms with Gasteiger partial charge < -0.3 is 15.4 Å². The SMILES string of the molecule is CN=C(NCCc1ccc(Cl)nc1)NCC1(CN2CCOCC2)CCCCC1.I. The molecule has 0 amide bonds. The zero-order valence-electron chi connectivity index (χ0n) is 17.5. The Bertz CT molecular complexity index is 616. The highest BCUT2D eigenvalue weighted by atomic mass is 127. The van der Waals surface area contributed by atoms with Gasteiger partial charge in [0, 0.05) is 51.4 Å². The van der Waals surface area contributed by atoms with Gasteiger partial charge in [-0.1, -0.05) is 36.9 Å². The van der Waals surface area contributed by atoms with Gasteiger partial charge in [-0.3, -0.25) is 9.89 Å². The van der Waals surface area contributed by atoms with Gasteiger partial charge in [0.1, 0.15) is 5.15 Å². The van der Waals surface area contributed by atoms with Crippen molar-refractivity contribution in [3.63, 3.8) is 0 Å². The third kappa shape index (κ3) is 8.19. The maximum absolute atomic E-state index is 5.85. The highest BCUT2D eigenvalue weighted by molar-refractivity contribution is 14.0. The van der Waals surface area contributed by atoms with Crippen LogP contribution in [0.3, 0.4) is 0 Å². The van der Waals surface area contributed by atoms with E-state index in [1.807, 2.05) is 25.4 Å². The molecule has 1 aromatic rings. The number of halogens is 2. The zero-order valence-corrected chi connectivity index (χ0v) is 20.5. The molecule has 0 atom stereocenters. The summed E-state index contributed by atoms with van der Waals surface area (Å²) in [5, 5.41) is 7.58. The standard InChI is InChI=1S/C21H34ClN5O.HI/c1-23-20(24-10-7-18-5-6-19(22)25-15-18)26-16-21(8-3-2-4-9-21)17-27-11-13-28-14-12-27;/h5-6,15H,2-4,7-14,16-17H2,1H3,(H2,23,24,26);1H. The number of nitrogens with zero attached hydrogens (tertiary/aromatic N) is 3. The molecule has 3 rings (SSSR count). The van der Waals surface area contributed by atoms with E-state index >= 15 is 0 Å². The summed E-state index contributed by atoms with van der Waals surface area (Å²) in [6, 6.07) is 3.86. The fourth-order valence-electron chi connectivity index (χ4n) is 4.30. The number of aromatic nitrogens is 1. The van der Waals surface area contributed by atoms with Crippen molar-refractivity contribution in [2.24, 2.45) is 10.4 Å². The average Bonchev–Trinajstić information content (AvgIpc) is 2.73. The molecule has 2 aliphatic rings. The Labute approximate surface area is 197 Å². The first kappa shape index (κ1) is 24.6. The monoisotopic (exact) mass is 535 g/mol. The van der Waals surface area contributed by atoms with Crippen molar-refractivity contribution in [1.29, 1.82) is 0 Å². The largest absolute Gasteiger partial charge is 0.379 e. The summed E-state index contributed by atoms with van der Waals surface area (Å²) in [7, 11) is 1.84. The summed E-state index contributed by atoms with van der Waals surface area (Å²) >= 11 is 5.85. The molecule has 0 bridgehead atoms. The maximum Gasteiger partial charge on any atom is 0.191 e. The summed E-state index contributed by atoms with van der Waals surface area (Å²) < 4.78 is 5.53. The number of hydrogen-bond acceptors (Lipinski definition) is 4. The van der Waals surface area contributed by atoms with Crippen molar-refractivity contribution in [3.8, 4) is 0 Å². The summed E-state index contributed by atoms with van der Waals surface area (Å²) in [6.45, 7) is 6.81. The molecule has 0 spiro atoms. The van der Waals surface area contributed by atoms with Crippen LogP contribution in [-0.2, 0) is 11.2 Å². The van der Waals surface area contributed by atoms with E-state index in [0.717, 1.165) is 58.3 Å². The Balaban J connectivity index is 0.00000300. The number of guanidine groups is 1. The van der Waals surface area contributed by atoms with Gasteiger partial charge >= 0.3 is 0 Å². The van der Waals surface area contributed by atoms with Gasteiger partial charge in [-0.2, -0.15) is 0 Å². The Morgan fingerprint density at radius 3 is 2.62 bits per heavy atom. The first-order chi connectivity index (χ1) is 13.7. The Kier molecular flexibility index (Phi) is 11.0. The second-order valence-electron chi connectivity index (χ2n) is 8.04. The molecule has 1 saturated carbocycles. The first-order valence-electron chi connectivity index (χ1n) is 10.5. The molecule has 0 aromatic carbocycles. The summed E-state index contributed by atoms with van der Waals surface area (Å²) in [4.78, 5) is 11.1. The van der Waals surface area contributed by atoms with Gasteiger partial charge in [0.15, 0.2) is 5.96 Å². The van der Waals surface area contributed by atoms with Crippen LogP contribution < -0.4 is 10.6 Å². The van der Waals surface area contributed by atoms with Crippen LogP contribution in [0.1, 0.15) is 37.7 Å². The highest BCUT2D eigenvalue weighted by Crippen LogP contribution is 2.36. The van der Waals surface area contributed by atoms with Crippen LogP contribution in [0.15, 0.2) is 23.3 Å². The zero-order chi connectivity index (χ0) is 19.7. The van der Waals surface area contributed by atoms with Crippen molar-refractivity contribution in [1.82, 2.24) is 20.5 Å². The number of rotatable bonds is 7. The normalized spacial score (nSPS) is 20.0. The Morgan fingerprint density at radius 2 is 1.97 bits per heavy atom. The molecule has 0 radical (unpaired) electrons. The van der Waals surface area contributed by atoms with Crippen LogP contribution in [0, 0.1) is 5.41 Å². The van der Waals surface area contributed by atoms with Gasteiger partial charge in [0.05, 0.1) is 13.2 Å². The molecule has 6 nitrogen and oxygen atoms in total. The van der Waals surface area contributed by atoms with Crippen molar-refractivity contribution in [2.45, 2.75) is 38.5 Å². The fourth-order valence-corrected chi connectivity index (χ4v) is 4.41. The molecule has 1 aromatic heterocycles. The number of hydrogen-bond donors (Lipinski definition) is 2. The van der Waals surface area contributed by atoms with Gasteiger partial charge in [-0.05, 0) is 30.9 Å². The van der Waals surface area contributed by atoms with Crippen molar-refractivity contribution in [2.75, 3.05) is 53.0 Å². The van der Waals surface area contributed by atoms with Gasteiger partial charge in [-0.15, -0.1) is 24.0 Å². The lowest BCUT2D eigenvalue weighted by molar-refractivity contribution is 0.00820. The highest BCUT2D eigenvalue weighted by Gasteiger charge is 2.34. The lowest BCUT2D eigenvalue weighted by atomic mass is 9.73. The van der Waals surface area contributed by atoms with E-state index in [9.17, 15) is 0 Å². The molecule has 164 valence electrons. The molecule has 1 aliphatic carbocycles. The molecule has 0 unspecified atom stereocenters. The van der Waals surface area contributed by atoms with Crippen molar-refractivity contribution >= 4 is 41.5 Å². The molecule has 2 N–H and O–H groups in total. The summed E-state index contributed by atoms with van der Waals surface area (Å²) in [6.07, 6.45) is 9.36. The lowest BCUT2D eigenvalue weighted by Gasteiger charge is -2.42. The smallest absolute Gasteiger partial charge is 0.191 e. The lowest BCUT2D eigenvalue weighted by Crippen LogP contribution is -2.51. The van der Waals surface area contributed by atoms with E-state index in [0.29, 0.717) is 10.6 Å². The van der Waals surface area contributed by atoms with Crippen LogP contribution in [0.5, 0.6) is 0 Å². The van der Waals surface area contributed by atoms with Gasteiger partial charge in [-0.25, -0.2) is 4.98 Å². The Morgan fingerprint density at radius 1 is 1.21 bits per heavy atom. The molecule has 2 heterocycles. The topological polar surface area (TPSA) is 61.8 Å². The van der Waals surface area contributed by atoms with E-state index in [-0.39, 0.29) is 24.0 Å². The van der Waals surface area contributed by atoms with E-state index in [1.165, 1.54) is 37.7 Å². The molecule has 2 fully saturated rings. The molecular formula is C21H35ClIN5O. The maximum atomic E-state index is 5.85. The van der Waals surface area contributed by atoms with Crippen molar-refractivity contribution < 1.29 is 4.74 Å². The number of aliphatic imine (C=N–C) groups is 1. The minimum Gasteiger partial charge on any atom is -0.379 e. The van der Waals surface area contributed by atoms with Gasteiger partial charge in [0.2, 0.25) is 0 Å². The quantitative estimate of drug-likeness (QED) is 0.243. The average molecular weight is 536 g/mol. The van der Waals surface area contributed by atoms with Crippen LogP contribution >= 0.6 is 35.6 Å². The third-order valence-corrected chi connectivity index (χ3v) is 6.15. The summed E-state index contributed by atoms with van der Waals surface area (Å²) in [5.41, 5.74) is 1.51. The number of nitrogens with one attached hydrogen (secondary N) is 2. The minimum atomic E-state index is 0. The molecule has 8 heteroatoms. The molecular weight excluding hydrogens is 501 g/mol. The van der Waals surface area contributed by atoms with Crippen LogP contribution in [-0.4, -0.2) is 68.8 Å². The van der Waals surface area contributed by atoms with Gasteiger partial charge in [0.25, 0.3) is 0 Å². The van der Waals surface area contributed by atoms with Crippen molar-refractivity contribution in [3.05, 3.63) is 29.0 Å². The minimum absolute atomic E-state index is 0. The van der Waals surface area contributed by atoms with Crippen LogP contribution in [0.2, 0.25) is 5.15 Å². The number of ether oxygens (including phenoxy) is 1. The predicted octanol–water partition coefficient (Wildman–Crippen LogP) is 3.34. The second kappa shape index (κ2) is 12.9. The van der Waals surface area contributed by atoms with Crippen LogP contribution in [0.25, 0.3) is 0 Å². The number of pyridine rings is 1. The molecule has 29 heavy (non-hydrogen) atoms. The molecule has 1 saturated heterocycles. The second-order valence-corrected chi connectivity index (χ2v) is 8.43. The first-order valence-corrected chi connectivity index (χ1v) is 10.9. The van der Waals surface area contributed by atoms with E-state index in [4.69, 9.17) is 16.3 Å². The van der Waals surface area contributed by atoms with E-state index in [2.05, 4.69) is 25.5 Å². The summed E-state index contributed by atoms with van der Waals surface area (Å²) in [5.74, 6) is 0.883. The predicted molar refractivity (Wildman–Crippen MR) is 131 cm³/mol. The number of morpholine rings is 1. The fraction of sp³-hybridized carbons (Fsp3) is 0.714. The van der Waals surface area contributed by atoms with E-state index in [1.54, 1.807) is 0 Å². The Hall–Kier alpha value is -0.640. The van der Waals surface area contributed by atoms with E-state index < -0.39 is 0 Å². The molecule has 1 aliphatic heterocycles. The third-order valence-electron chi connectivity index (χ3n) is 5.93. The van der Waals surface area contributed by atoms with Crippen LogP contribution in [0.4, 0.5) is 0 Å².